The predicted molar refractivity (Wildman–Crippen MR) is 72.4 cm³/mol. The molecule has 7 nitrogen and oxygen atoms in total. The molecule has 1 rings (SSSR count). The van der Waals surface area contributed by atoms with Crippen LogP contribution in [0.5, 0.6) is 0 Å². The summed E-state index contributed by atoms with van der Waals surface area (Å²) >= 11 is 0. The molecule has 1 aromatic rings. The second-order valence-corrected chi connectivity index (χ2v) is 4.04. The van der Waals surface area contributed by atoms with Crippen molar-refractivity contribution in [3.63, 3.8) is 0 Å². The van der Waals surface area contributed by atoms with Crippen molar-refractivity contribution in [2.24, 2.45) is 5.84 Å². The zero-order valence-electron chi connectivity index (χ0n) is 11.3. The third-order valence-corrected chi connectivity index (χ3v) is 2.64. The molecule has 0 radical (unpaired) electrons. The van der Waals surface area contributed by atoms with Gasteiger partial charge in [0.15, 0.2) is 0 Å². The number of carbonyl (C=O) groups is 2. The van der Waals surface area contributed by atoms with Gasteiger partial charge >= 0.3 is 0 Å². The molecule has 0 aliphatic heterocycles. The zero-order valence-corrected chi connectivity index (χ0v) is 11.3. The highest BCUT2D eigenvalue weighted by atomic mass is 16.2. The van der Waals surface area contributed by atoms with Crippen LogP contribution in [0.25, 0.3) is 0 Å². The summed E-state index contributed by atoms with van der Waals surface area (Å²) in [5.74, 6) is 5.12. The Morgan fingerprint density at radius 3 is 2.63 bits per heavy atom. The molecule has 5 N–H and O–H groups in total. The van der Waals surface area contributed by atoms with E-state index in [9.17, 15) is 9.59 Å². The van der Waals surface area contributed by atoms with Crippen molar-refractivity contribution in [2.75, 3.05) is 12.5 Å². The number of nitrogens with zero attached hydrogens (tertiary/aromatic N) is 1. The van der Waals surface area contributed by atoms with Crippen LogP contribution in [0.4, 0.5) is 5.82 Å². The number of carbonyl (C=O) groups excluding carboxylic acids is 2. The number of hydrazine groups is 1. The van der Waals surface area contributed by atoms with Crippen LogP contribution in [0.3, 0.4) is 0 Å². The average molecular weight is 265 g/mol. The number of hydrogen-bond donors (Lipinski definition) is 4. The van der Waals surface area contributed by atoms with E-state index in [0.29, 0.717) is 17.8 Å². The maximum absolute atomic E-state index is 12.0. The number of anilines is 1. The van der Waals surface area contributed by atoms with Crippen LogP contribution in [-0.2, 0) is 11.2 Å². The van der Waals surface area contributed by atoms with Crippen LogP contribution in [0.2, 0.25) is 0 Å². The molecule has 0 aromatic carbocycles. The maximum Gasteiger partial charge on any atom is 0.252 e. The largest absolute Gasteiger partial charge is 0.357 e. The number of nitrogen functional groups attached to an aromatic ring is 1. The van der Waals surface area contributed by atoms with E-state index in [1.807, 2.05) is 6.92 Å². The number of pyridine rings is 1. The Balaban J connectivity index is 2.90. The Labute approximate surface area is 111 Å². The minimum absolute atomic E-state index is 0.254. The van der Waals surface area contributed by atoms with Crippen molar-refractivity contribution >= 4 is 17.6 Å². The first-order valence-electron chi connectivity index (χ1n) is 6.01. The number of aromatic nitrogens is 1. The SMILES string of the molecule is CCc1cc(C(=O)NC(C)C(=O)NC)cc(NN)n1. The molecule has 1 atom stereocenters. The number of rotatable bonds is 5. The van der Waals surface area contributed by atoms with Gasteiger partial charge in [-0.2, -0.15) is 0 Å². The van der Waals surface area contributed by atoms with Gasteiger partial charge in [0.1, 0.15) is 11.9 Å². The summed E-state index contributed by atoms with van der Waals surface area (Å²) in [5, 5.41) is 5.07. The lowest BCUT2D eigenvalue weighted by Crippen LogP contribution is -2.43. The lowest BCUT2D eigenvalue weighted by Gasteiger charge is -2.13. The van der Waals surface area contributed by atoms with Crippen molar-refractivity contribution in [1.82, 2.24) is 15.6 Å². The van der Waals surface area contributed by atoms with Gasteiger partial charge in [-0.1, -0.05) is 6.92 Å². The minimum atomic E-state index is -0.606. The lowest BCUT2D eigenvalue weighted by molar-refractivity contribution is -0.122. The standard InChI is InChI=1S/C12H19N5O2/c1-4-9-5-8(6-10(16-9)17-13)12(19)15-7(2)11(18)14-3/h5-7H,4,13H2,1-3H3,(H,14,18)(H,15,19)(H,16,17). The summed E-state index contributed by atoms with van der Waals surface area (Å²) < 4.78 is 0. The highest BCUT2D eigenvalue weighted by molar-refractivity contribution is 5.98. The van der Waals surface area contributed by atoms with Gasteiger partial charge < -0.3 is 16.1 Å². The van der Waals surface area contributed by atoms with Gasteiger partial charge in [-0.3, -0.25) is 9.59 Å². The van der Waals surface area contributed by atoms with Crippen molar-refractivity contribution in [2.45, 2.75) is 26.3 Å². The number of aryl methyl sites for hydroxylation is 1. The minimum Gasteiger partial charge on any atom is -0.357 e. The van der Waals surface area contributed by atoms with Gasteiger partial charge in [0, 0.05) is 18.3 Å². The first-order chi connectivity index (χ1) is 9.01. The Kier molecular flexibility index (Phi) is 5.25. The number of nitrogens with one attached hydrogen (secondary N) is 3. The Morgan fingerprint density at radius 1 is 1.42 bits per heavy atom. The van der Waals surface area contributed by atoms with Gasteiger partial charge in [0.25, 0.3) is 5.91 Å². The Hall–Kier alpha value is -2.15. The van der Waals surface area contributed by atoms with E-state index in [1.54, 1.807) is 13.0 Å². The van der Waals surface area contributed by atoms with Crippen molar-refractivity contribution in [3.8, 4) is 0 Å². The highest BCUT2D eigenvalue weighted by Gasteiger charge is 2.16. The second-order valence-electron chi connectivity index (χ2n) is 4.04. The summed E-state index contributed by atoms with van der Waals surface area (Å²) in [6.07, 6.45) is 0.681. The number of likely N-dealkylation sites (N-methyl/N-ethyl adjacent to an activating group) is 1. The van der Waals surface area contributed by atoms with Crippen LogP contribution < -0.4 is 21.9 Å². The van der Waals surface area contributed by atoms with E-state index in [0.717, 1.165) is 5.69 Å². The second kappa shape index (κ2) is 6.69. The molecule has 19 heavy (non-hydrogen) atoms. The quantitative estimate of drug-likeness (QED) is 0.435. The van der Waals surface area contributed by atoms with Gasteiger partial charge in [0.2, 0.25) is 5.91 Å². The van der Waals surface area contributed by atoms with E-state index in [-0.39, 0.29) is 11.8 Å². The molecule has 2 amide bonds. The molecule has 0 bridgehead atoms. The van der Waals surface area contributed by atoms with Crippen molar-refractivity contribution in [3.05, 3.63) is 23.4 Å². The maximum atomic E-state index is 12.0. The first kappa shape index (κ1) is 14.9. The van der Waals surface area contributed by atoms with E-state index in [1.165, 1.54) is 13.1 Å². The summed E-state index contributed by atoms with van der Waals surface area (Å²) in [6.45, 7) is 3.54. The fraction of sp³-hybridized carbons (Fsp3) is 0.417. The molecule has 104 valence electrons. The number of hydrogen-bond acceptors (Lipinski definition) is 5. The van der Waals surface area contributed by atoms with Gasteiger partial charge in [-0.15, -0.1) is 0 Å². The molecule has 0 spiro atoms. The molecule has 1 heterocycles. The topological polar surface area (TPSA) is 109 Å². The Bertz CT molecular complexity index is 453. The lowest BCUT2D eigenvalue weighted by atomic mass is 10.1. The fourth-order valence-corrected chi connectivity index (χ4v) is 1.54. The Morgan fingerprint density at radius 2 is 2.11 bits per heavy atom. The van der Waals surface area contributed by atoms with Crippen LogP contribution in [0.15, 0.2) is 12.1 Å². The molecule has 1 unspecified atom stereocenters. The number of amides is 2. The summed E-state index contributed by atoms with van der Waals surface area (Å²) in [4.78, 5) is 27.6. The highest BCUT2D eigenvalue weighted by Crippen LogP contribution is 2.10. The van der Waals surface area contributed by atoms with Crippen molar-refractivity contribution in [1.29, 1.82) is 0 Å². The first-order valence-corrected chi connectivity index (χ1v) is 6.01. The average Bonchev–Trinajstić information content (AvgIpc) is 2.45. The van der Waals surface area contributed by atoms with Crippen molar-refractivity contribution < 1.29 is 9.59 Å². The van der Waals surface area contributed by atoms with E-state index in [2.05, 4.69) is 21.0 Å². The van der Waals surface area contributed by atoms with E-state index in [4.69, 9.17) is 5.84 Å². The molecule has 0 saturated heterocycles. The molecule has 7 heteroatoms. The molecular formula is C12H19N5O2. The molecule has 1 aromatic heterocycles. The predicted octanol–water partition coefficient (Wildman–Crippen LogP) is -0.206. The van der Waals surface area contributed by atoms with Gasteiger partial charge in [0.05, 0.1) is 0 Å². The van der Waals surface area contributed by atoms with E-state index >= 15 is 0 Å². The van der Waals surface area contributed by atoms with E-state index < -0.39 is 6.04 Å². The third kappa shape index (κ3) is 3.92. The monoisotopic (exact) mass is 265 g/mol. The summed E-state index contributed by atoms with van der Waals surface area (Å²) in [7, 11) is 1.52. The molecule has 0 saturated carbocycles. The van der Waals surface area contributed by atoms with Gasteiger partial charge in [-0.05, 0) is 25.5 Å². The van der Waals surface area contributed by atoms with Crippen LogP contribution in [-0.4, -0.2) is 29.9 Å². The summed E-state index contributed by atoms with van der Waals surface area (Å²) in [6, 6.07) is 2.60. The third-order valence-electron chi connectivity index (χ3n) is 2.64. The smallest absolute Gasteiger partial charge is 0.252 e. The summed E-state index contributed by atoms with van der Waals surface area (Å²) in [5.41, 5.74) is 3.57. The van der Waals surface area contributed by atoms with Gasteiger partial charge in [-0.25, -0.2) is 10.8 Å². The normalized spacial score (nSPS) is 11.6. The van der Waals surface area contributed by atoms with Crippen LogP contribution in [0, 0.1) is 0 Å². The molecular weight excluding hydrogens is 246 g/mol. The fourth-order valence-electron chi connectivity index (χ4n) is 1.54. The molecule has 0 fully saturated rings. The molecule has 0 aliphatic carbocycles. The van der Waals surface area contributed by atoms with Crippen LogP contribution >= 0.6 is 0 Å². The number of nitrogens with two attached hydrogens (primary N) is 1. The molecule has 0 aliphatic rings. The van der Waals surface area contributed by atoms with Crippen LogP contribution in [0.1, 0.15) is 29.9 Å². The zero-order chi connectivity index (χ0) is 14.4.